The molecular weight excluding hydrogens is 527 g/mol. The number of pyridine rings is 1. The molecule has 38 heavy (non-hydrogen) atoms. The third kappa shape index (κ3) is 6.71. The van der Waals surface area contributed by atoms with Crippen molar-refractivity contribution in [3.8, 4) is 11.5 Å². The molecule has 1 aliphatic rings. The Kier molecular flexibility index (Phi) is 9.74. The van der Waals surface area contributed by atoms with E-state index >= 15 is 4.39 Å². The van der Waals surface area contributed by atoms with Gasteiger partial charge in [-0.3, -0.25) is 9.78 Å². The van der Waals surface area contributed by atoms with Crippen LogP contribution in [-0.2, 0) is 4.79 Å². The van der Waals surface area contributed by atoms with Crippen molar-refractivity contribution in [2.75, 3.05) is 39.6 Å². The van der Waals surface area contributed by atoms with E-state index in [9.17, 15) is 9.90 Å². The van der Waals surface area contributed by atoms with Crippen LogP contribution in [0.15, 0.2) is 53.6 Å². The van der Waals surface area contributed by atoms with E-state index in [2.05, 4.69) is 22.0 Å². The standard InChI is InChI=1S/C29H34ClFN2O4S/c1-36-20-4-7-22(8-5-20)38-17-3-14-33-15-12-29(13-16-33,28(34)35)11-10-25(31)27-23-18-21(37-2)6-9-26(23)32-19-24(27)30/h4-9,18-19,25H,3,10-17H2,1-2H3,(H,34,35)/t25-/m0/s1. The van der Waals surface area contributed by atoms with E-state index < -0.39 is 17.6 Å². The molecule has 0 radical (unpaired) electrons. The number of aliphatic carboxylic acids is 1. The molecule has 4 rings (SSSR count). The van der Waals surface area contributed by atoms with Gasteiger partial charge in [0.05, 0.1) is 30.2 Å². The van der Waals surface area contributed by atoms with Gasteiger partial charge in [0.2, 0.25) is 0 Å². The maximum atomic E-state index is 15.6. The van der Waals surface area contributed by atoms with Crippen molar-refractivity contribution in [3.63, 3.8) is 0 Å². The number of rotatable bonds is 12. The summed E-state index contributed by atoms with van der Waals surface area (Å²) < 4.78 is 26.1. The molecule has 1 N–H and O–H groups in total. The SMILES string of the molecule is COc1ccc(SCCCN2CCC(CC[C@H](F)c3c(Cl)cnc4ccc(OC)cc34)(C(=O)O)CC2)cc1. The first-order chi connectivity index (χ1) is 18.3. The molecule has 0 aliphatic carbocycles. The number of piperidine rings is 1. The van der Waals surface area contributed by atoms with Crippen LogP contribution >= 0.6 is 23.4 Å². The van der Waals surface area contributed by atoms with E-state index in [1.54, 1.807) is 44.2 Å². The molecule has 1 aliphatic heterocycles. The second kappa shape index (κ2) is 13.0. The zero-order chi connectivity index (χ0) is 27.1. The van der Waals surface area contributed by atoms with Crippen LogP contribution in [0.2, 0.25) is 5.02 Å². The summed E-state index contributed by atoms with van der Waals surface area (Å²) in [4.78, 5) is 20.2. The van der Waals surface area contributed by atoms with Gasteiger partial charge >= 0.3 is 5.97 Å². The summed E-state index contributed by atoms with van der Waals surface area (Å²) >= 11 is 8.18. The minimum atomic E-state index is -1.40. The monoisotopic (exact) mass is 560 g/mol. The largest absolute Gasteiger partial charge is 0.497 e. The van der Waals surface area contributed by atoms with E-state index in [0.717, 1.165) is 24.5 Å². The van der Waals surface area contributed by atoms with E-state index in [1.807, 2.05) is 12.1 Å². The molecule has 1 fully saturated rings. The Morgan fingerprint density at radius 1 is 1.16 bits per heavy atom. The number of benzene rings is 2. The zero-order valence-corrected chi connectivity index (χ0v) is 23.4. The number of alkyl halides is 1. The van der Waals surface area contributed by atoms with Crippen LogP contribution in [0.1, 0.15) is 43.8 Å². The molecule has 0 saturated carbocycles. The van der Waals surface area contributed by atoms with Crippen LogP contribution in [0.25, 0.3) is 10.9 Å². The highest BCUT2D eigenvalue weighted by molar-refractivity contribution is 7.99. The van der Waals surface area contributed by atoms with Crippen molar-refractivity contribution in [2.24, 2.45) is 5.41 Å². The van der Waals surface area contributed by atoms with Gasteiger partial charge in [0.15, 0.2) is 0 Å². The summed E-state index contributed by atoms with van der Waals surface area (Å²) in [5.74, 6) is 1.58. The van der Waals surface area contributed by atoms with Gasteiger partial charge in [-0.15, -0.1) is 11.8 Å². The highest BCUT2D eigenvalue weighted by atomic mass is 35.5. The minimum absolute atomic E-state index is 0.0842. The third-order valence-electron chi connectivity index (χ3n) is 7.47. The number of halogens is 2. The fourth-order valence-electron chi connectivity index (χ4n) is 5.09. The third-order valence-corrected chi connectivity index (χ3v) is 8.87. The molecule has 2 heterocycles. The number of aromatic nitrogens is 1. The van der Waals surface area contributed by atoms with Gasteiger partial charge in [-0.05, 0) is 100.0 Å². The molecule has 1 atom stereocenters. The normalized spacial score (nSPS) is 16.3. The summed E-state index contributed by atoms with van der Waals surface area (Å²) in [5.41, 5.74) is 0.0493. The van der Waals surface area contributed by atoms with Gasteiger partial charge in [-0.2, -0.15) is 0 Å². The lowest BCUT2D eigenvalue weighted by Gasteiger charge is -2.39. The highest BCUT2D eigenvalue weighted by Gasteiger charge is 2.41. The van der Waals surface area contributed by atoms with Crippen LogP contribution in [0.4, 0.5) is 4.39 Å². The van der Waals surface area contributed by atoms with Gasteiger partial charge in [-0.25, -0.2) is 4.39 Å². The summed E-state index contributed by atoms with van der Waals surface area (Å²) in [6.45, 7) is 2.32. The van der Waals surface area contributed by atoms with Crippen molar-refractivity contribution >= 4 is 40.2 Å². The summed E-state index contributed by atoms with van der Waals surface area (Å²) in [6, 6.07) is 13.3. The van der Waals surface area contributed by atoms with Crippen LogP contribution in [0, 0.1) is 5.41 Å². The lowest BCUT2D eigenvalue weighted by atomic mass is 9.74. The molecule has 0 amide bonds. The Labute approximate surface area is 232 Å². The molecule has 1 saturated heterocycles. The fourth-order valence-corrected chi connectivity index (χ4v) is 6.19. The Morgan fingerprint density at radius 2 is 1.84 bits per heavy atom. The number of carboxylic acids is 1. The van der Waals surface area contributed by atoms with Crippen LogP contribution in [0.3, 0.4) is 0 Å². The van der Waals surface area contributed by atoms with E-state index in [4.69, 9.17) is 21.1 Å². The number of likely N-dealkylation sites (tertiary alicyclic amines) is 1. The number of hydrogen-bond donors (Lipinski definition) is 1. The number of nitrogens with zero attached hydrogens (tertiary/aromatic N) is 2. The first kappa shape index (κ1) is 28.5. The number of ether oxygens (including phenoxy) is 2. The topological polar surface area (TPSA) is 71.9 Å². The average Bonchev–Trinajstić information content (AvgIpc) is 2.94. The minimum Gasteiger partial charge on any atom is -0.497 e. The van der Waals surface area contributed by atoms with Crippen molar-refractivity contribution < 1.29 is 23.8 Å². The first-order valence-electron chi connectivity index (χ1n) is 12.8. The zero-order valence-electron chi connectivity index (χ0n) is 21.8. The second-order valence-corrected chi connectivity index (χ2v) is 11.3. The maximum Gasteiger partial charge on any atom is 0.309 e. The number of methoxy groups -OCH3 is 2. The average molecular weight is 561 g/mol. The lowest BCUT2D eigenvalue weighted by Crippen LogP contribution is -2.44. The Bertz CT molecular complexity index is 1240. The number of carbonyl (C=O) groups is 1. The predicted molar refractivity (Wildman–Crippen MR) is 150 cm³/mol. The van der Waals surface area contributed by atoms with Crippen LogP contribution in [-0.4, -0.2) is 60.6 Å². The molecule has 0 bridgehead atoms. The van der Waals surface area contributed by atoms with Gasteiger partial charge in [0.25, 0.3) is 0 Å². The van der Waals surface area contributed by atoms with E-state index in [1.165, 1.54) is 11.1 Å². The molecule has 1 aromatic heterocycles. The molecule has 6 nitrogen and oxygen atoms in total. The molecule has 0 unspecified atom stereocenters. The number of thioether (sulfide) groups is 1. The quantitative estimate of drug-likeness (QED) is 0.188. The number of hydrogen-bond acceptors (Lipinski definition) is 6. The molecular formula is C29H34ClFN2O4S. The second-order valence-electron chi connectivity index (χ2n) is 9.71. The van der Waals surface area contributed by atoms with Crippen molar-refractivity contribution in [1.29, 1.82) is 0 Å². The number of fused-ring (bicyclic) bond motifs is 1. The van der Waals surface area contributed by atoms with E-state index in [0.29, 0.717) is 48.1 Å². The number of carboxylic acid groups (broad SMARTS) is 1. The summed E-state index contributed by atoms with van der Waals surface area (Å²) in [5, 5.41) is 11.0. The van der Waals surface area contributed by atoms with Crippen molar-refractivity contribution in [2.45, 2.75) is 43.2 Å². The van der Waals surface area contributed by atoms with Gasteiger partial charge in [0, 0.05) is 22.0 Å². The van der Waals surface area contributed by atoms with Gasteiger partial charge < -0.3 is 19.5 Å². The summed E-state index contributed by atoms with van der Waals surface area (Å²) in [7, 11) is 3.21. The first-order valence-corrected chi connectivity index (χ1v) is 14.2. The van der Waals surface area contributed by atoms with Crippen LogP contribution < -0.4 is 9.47 Å². The molecule has 9 heteroatoms. The van der Waals surface area contributed by atoms with E-state index in [-0.39, 0.29) is 17.9 Å². The van der Waals surface area contributed by atoms with Crippen molar-refractivity contribution in [3.05, 3.63) is 59.2 Å². The Morgan fingerprint density at radius 3 is 2.50 bits per heavy atom. The molecule has 204 valence electrons. The fraction of sp³-hybridized carbons (Fsp3) is 0.448. The van der Waals surface area contributed by atoms with Crippen LogP contribution in [0.5, 0.6) is 11.5 Å². The Balaban J connectivity index is 1.31. The van der Waals surface area contributed by atoms with Gasteiger partial charge in [0.1, 0.15) is 17.7 Å². The maximum absolute atomic E-state index is 15.6. The molecule has 3 aromatic rings. The molecule has 0 spiro atoms. The van der Waals surface area contributed by atoms with Gasteiger partial charge in [-0.1, -0.05) is 11.6 Å². The van der Waals surface area contributed by atoms with Crippen molar-refractivity contribution in [1.82, 2.24) is 9.88 Å². The Hall–Kier alpha value is -2.55. The smallest absolute Gasteiger partial charge is 0.309 e. The molecule has 2 aromatic carbocycles. The lowest BCUT2D eigenvalue weighted by molar-refractivity contribution is -0.153. The summed E-state index contributed by atoms with van der Waals surface area (Å²) in [6.07, 6.45) is 2.44. The highest BCUT2D eigenvalue weighted by Crippen LogP contribution is 2.42. The predicted octanol–water partition coefficient (Wildman–Crippen LogP) is 7.05.